The maximum atomic E-state index is 5.71. The van der Waals surface area contributed by atoms with Crippen molar-refractivity contribution in [1.82, 2.24) is 30.3 Å². The Balaban J connectivity index is 0.00000300. The Morgan fingerprint density at radius 3 is 2.69 bits per heavy atom. The van der Waals surface area contributed by atoms with Gasteiger partial charge in [-0.2, -0.15) is 5.10 Å². The van der Waals surface area contributed by atoms with E-state index in [4.69, 9.17) is 4.42 Å². The minimum atomic E-state index is 0. The number of halogens is 1. The highest BCUT2D eigenvalue weighted by molar-refractivity contribution is 14.0. The number of piperidine rings is 1. The van der Waals surface area contributed by atoms with E-state index in [1.807, 2.05) is 44.0 Å². The smallest absolute Gasteiger partial charge is 0.208 e. The predicted molar refractivity (Wildman–Crippen MR) is 126 cm³/mol. The molecule has 1 fully saturated rings. The van der Waals surface area contributed by atoms with Crippen molar-refractivity contribution in [3.05, 3.63) is 35.8 Å². The fourth-order valence-corrected chi connectivity index (χ4v) is 3.49. The van der Waals surface area contributed by atoms with Crippen molar-refractivity contribution < 1.29 is 4.42 Å². The first-order chi connectivity index (χ1) is 13.6. The molecule has 0 radical (unpaired) electrons. The Labute approximate surface area is 190 Å². The van der Waals surface area contributed by atoms with Crippen LogP contribution < -0.4 is 10.6 Å². The van der Waals surface area contributed by atoms with E-state index in [2.05, 4.69) is 30.6 Å². The van der Waals surface area contributed by atoms with Crippen LogP contribution in [0.25, 0.3) is 0 Å². The Morgan fingerprint density at radius 1 is 1.28 bits per heavy atom. The molecule has 3 heterocycles. The summed E-state index contributed by atoms with van der Waals surface area (Å²) in [5.74, 6) is 3.32. The first-order valence-corrected chi connectivity index (χ1v) is 10.2. The fourth-order valence-electron chi connectivity index (χ4n) is 3.49. The molecule has 8 nitrogen and oxygen atoms in total. The highest BCUT2D eigenvalue weighted by atomic mass is 127. The van der Waals surface area contributed by atoms with Gasteiger partial charge in [-0.1, -0.05) is 0 Å². The minimum Gasteiger partial charge on any atom is -0.444 e. The summed E-state index contributed by atoms with van der Waals surface area (Å²) < 4.78 is 7.66. The van der Waals surface area contributed by atoms with Crippen molar-refractivity contribution in [1.29, 1.82) is 0 Å². The van der Waals surface area contributed by atoms with E-state index in [1.54, 1.807) is 0 Å². The SMILES string of the molecule is CN=C(NCCCn1cccn1)NCC1CCN(Cc2nc(C)c(C)o2)CC1.I. The molecule has 1 saturated heterocycles. The molecule has 1 aliphatic rings. The number of aryl methyl sites for hydroxylation is 3. The zero-order valence-corrected chi connectivity index (χ0v) is 20.1. The minimum absolute atomic E-state index is 0. The van der Waals surface area contributed by atoms with Gasteiger partial charge in [0.25, 0.3) is 0 Å². The summed E-state index contributed by atoms with van der Waals surface area (Å²) in [5.41, 5.74) is 0.998. The van der Waals surface area contributed by atoms with Crippen LogP contribution >= 0.6 is 24.0 Å². The second-order valence-corrected chi connectivity index (χ2v) is 7.47. The number of nitrogens with one attached hydrogen (secondary N) is 2. The zero-order valence-electron chi connectivity index (χ0n) is 17.7. The molecular weight excluding hydrogens is 481 g/mol. The summed E-state index contributed by atoms with van der Waals surface area (Å²) in [7, 11) is 1.83. The maximum Gasteiger partial charge on any atom is 0.208 e. The van der Waals surface area contributed by atoms with E-state index in [-0.39, 0.29) is 24.0 Å². The molecule has 0 atom stereocenters. The number of nitrogens with zero attached hydrogens (tertiary/aromatic N) is 5. The first-order valence-electron chi connectivity index (χ1n) is 10.2. The molecular formula is C20H34IN7O. The van der Waals surface area contributed by atoms with Crippen molar-refractivity contribution in [3.8, 4) is 0 Å². The number of rotatable bonds is 8. The van der Waals surface area contributed by atoms with E-state index in [1.165, 1.54) is 12.8 Å². The van der Waals surface area contributed by atoms with Crippen LogP contribution in [0.15, 0.2) is 27.9 Å². The van der Waals surface area contributed by atoms with Crippen LogP contribution in [0.5, 0.6) is 0 Å². The lowest BCUT2D eigenvalue weighted by Crippen LogP contribution is -2.43. The Hall–Kier alpha value is -1.62. The first kappa shape index (κ1) is 23.7. The van der Waals surface area contributed by atoms with Crippen LogP contribution in [-0.4, -0.2) is 58.9 Å². The third-order valence-corrected chi connectivity index (χ3v) is 5.34. The summed E-state index contributed by atoms with van der Waals surface area (Å²) in [5, 5.41) is 11.1. The number of oxazole rings is 1. The highest BCUT2D eigenvalue weighted by Gasteiger charge is 2.21. The molecule has 0 saturated carbocycles. The van der Waals surface area contributed by atoms with Crippen LogP contribution in [0.3, 0.4) is 0 Å². The van der Waals surface area contributed by atoms with Gasteiger partial charge in [0.05, 0.1) is 12.2 Å². The summed E-state index contributed by atoms with van der Waals surface area (Å²) in [6.07, 6.45) is 7.18. The molecule has 29 heavy (non-hydrogen) atoms. The highest BCUT2D eigenvalue weighted by Crippen LogP contribution is 2.19. The van der Waals surface area contributed by atoms with Gasteiger partial charge in [0.2, 0.25) is 5.89 Å². The lowest BCUT2D eigenvalue weighted by Gasteiger charge is -2.31. The Kier molecular flexibility index (Phi) is 9.92. The van der Waals surface area contributed by atoms with Gasteiger partial charge >= 0.3 is 0 Å². The second-order valence-electron chi connectivity index (χ2n) is 7.47. The molecule has 0 aromatic carbocycles. The lowest BCUT2D eigenvalue weighted by atomic mass is 9.97. The van der Waals surface area contributed by atoms with Gasteiger partial charge in [0.1, 0.15) is 5.76 Å². The monoisotopic (exact) mass is 515 g/mol. The van der Waals surface area contributed by atoms with Crippen LogP contribution in [-0.2, 0) is 13.1 Å². The van der Waals surface area contributed by atoms with Gasteiger partial charge < -0.3 is 15.1 Å². The number of hydrogen-bond acceptors (Lipinski definition) is 5. The van der Waals surface area contributed by atoms with E-state index < -0.39 is 0 Å². The molecule has 0 spiro atoms. The molecule has 2 N–H and O–H groups in total. The van der Waals surface area contributed by atoms with Crippen LogP contribution in [0.1, 0.15) is 36.6 Å². The van der Waals surface area contributed by atoms with Crippen molar-refractivity contribution in [3.63, 3.8) is 0 Å². The zero-order chi connectivity index (χ0) is 19.8. The molecule has 0 aliphatic carbocycles. The number of guanidine groups is 1. The number of aliphatic imine (C=N–C) groups is 1. The van der Waals surface area contributed by atoms with Gasteiger partial charge in [0, 0.05) is 39.1 Å². The van der Waals surface area contributed by atoms with Gasteiger partial charge in [-0.15, -0.1) is 24.0 Å². The van der Waals surface area contributed by atoms with Crippen molar-refractivity contribution in [2.24, 2.45) is 10.9 Å². The molecule has 1 aliphatic heterocycles. The van der Waals surface area contributed by atoms with E-state index in [0.717, 1.165) is 69.0 Å². The number of aromatic nitrogens is 3. The van der Waals surface area contributed by atoms with Gasteiger partial charge in [-0.05, 0) is 58.2 Å². The molecule has 0 bridgehead atoms. The molecule has 0 unspecified atom stereocenters. The summed E-state index contributed by atoms with van der Waals surface area (Å²) >= 11 is 0. The average Bonchev–Trinajstić information content (AvgIpc) is 3.32. The molecule has 2 aromatic heterocycles. The standard InChI is InChI=1S/C20H33N7O.HI/c1-16-17(2)28-19(25-16)15-26-12-6-18(7-13-26)14-23-20(21-3)22-8-4-10-27-11-5-9-24-27;/h5,9,11,18H,4,6-8,10,12-15H2,1-3H3,(H2,21,22,23);1H. The number of likely N-dealkylation sites (tertiary alicyclic amines) is 1. The Bertz CT molecular complexity index is 717. The molecule has 9 heteroatoms. The molecule has 3 rings (SSSR count). The van der Waals surface area contributed by atoms with Crippen molar-refractivity contribution >= 4 is 29.9 Å². The summed E-state index contributed by atoms with van der Waals surface area (Å²) in [4.78, 5) is 11.3. The van der Waals surface area contributed by atoms with Crippen LogP contribution in [0.2, 0.25) is 0 Å². The quantitative estimate of drug-likeness (QED) is 0.244. The summed E-state index contributed by atoms with van der Waals surface area (Å²) in [6, 6.07) is 1.95. The fraction of sp³-hybridized carbons (Fsp3) is 0.650. The van der Waals surface area contributed by atoms with Gasteiger partial charge in [-0.3, -0.25) is 14.6 Å². The molecule has 0 amide bonds. The van der Waals surface area contributed by atoms with Gasteiger partial charge in [-0.25, -0.2) is 4.98 Å². The van der Waals surface area contributed by atoms with E-state index in [0.29, 0.717) is 5.92 Å². The van der Waals surface area contributed by atoms with Crippen molar-refractivity contribution in [2.75, 3.05) is 33.2 Å². The summed E-state index contributed by atoms with van der Waals surface area (Å²) in [6.45, 7) is 9.72. The largest absolute Gasteiger partial charge is 0.444 e. The van der Waals surface area contributed by atoms with E-state index >= 15 is 0 Å². The normalized spacial score (nSPS) is 15.9. The third kappa shape index (κ3) is 7.61. The molecule has 2 aromatic rings. The molecule has 162 valence electrons. The topological polar surface area (TPSA) is 83.5 Å². The lowest BCUT2D eigenvalue weighted by molar-refractivity contribution is 0.164. The van der Waals surface area contributed by atoms with Crippen LogP contribution in [0, 0.1) is 19.8 Å². The van der Waals surface area contributed by atoms with E-state index in [9.17, 15) is 0 Å². The van der Waals surface area contributed by atoms with Crippen LogP contribution in [0.4, 0.5) is 0 Å². The van der Waals surface area contributed by atoms with Gasteiger partial charge in [0.15, 0.2) is 5.96 Å². The second kappa shape index (κ2) is 12.2. The van der Waals surface area contributed by atoms with Crippen molar-refractivity contribution in [2.45, 2.75) is 46.2 Å². The average molecular weight is 515 g/mol. The third-order valence-electron chi connectivity index (χ3n) is 5.34. The maximum absolute atomic E-state index is 5.71. The predicted octanol–water partition coefficient (Wildman–Crippen LogP) is 2.57. The number of hydrogen-bond donors (Lipinski definition) is 2. The Morgan fingerprint density at radius 2 is 2.07 bits per heavy atom.